The molecule has 1 fully saturated rings. The Morgan fingerprint density at radius 2 is 1.72 bits per heavy atom. The highest BCUT2D eigenvalue weighted by Gasteiger charge is 2.35. The Balaban J connectivity index is 1.56. The number of halogens is 2. The maximum atomic E-state index is 14.0. The predicted octanol–water partition coefficient (Wildman–Crippen LogP) is 3.30. The molecular formula is C21H22F2N4O3S2. The highest BCUT2D eigenvalue weighted by molar-refractivity contribution is 7.89. The van der Waals surface area contributed by atoms with E-state index in [2.05, 4.69) is 9.97 Å². The molecule has 0 aliphatic carbocycles. The first-order chi connectivity index (χ1) is 15.1. The van der Waals surface area contributed by atoms with Gasteiger partial charge in [-0.3, -0.25) is 4.79 Å². The smallest absolute Gasteiger partial charge is 0.264 e. The minimum absolute atomic E-state index is 0.0510. The average molecular weight is 481 g/mol. The normalized spacial score (nSPS) is 15.5. The number of aryl methyl sites for hydroxylation is 3. The van der Waals surface area contributed by atoms with Gasteiger partial charge in [-0.2, -0.15) is 4.31 Å². The number of benzene rings is 1. The minimum Gasteiger partial charge on any atom is -0.335 e. The summed E-state index contributed by atoms with van der Waals surface area (Å²) < 4.78 is 54.6. The summed E-state index contributed by atoms with van der Waals surface area (Å²) >= 11 is 1.30. The number of amides is 1. The van der Waals surface area contributed by atoms with Crippen molar-refractivity contribution in [1.29, 1.82) is 0 Å². The molecule has 0 radical (unpaired) electrons. The monoisotopic (exact) mass is 480 g/mol. The number of thiophene rings is 1. The van der Waals surface area contributed by atoms with Crippen LogP contribution in [0.2, 0.25) is 0 Å². The molecule has 7 nitrogen and oxygen atoms in total. The number of nitrogens with zero attached hydrogens (tertiary/aromatic N) is 4. The molecule has 11 heteroatoms. The van der Waals surface area contributed by atoms with Gasteiger partial charge in [0, 0.05) is 43.7 Å². The van der Waals surface area contributed by atoms with Crippen molar-refractivity contribution in [2.24, 2.45) is 0 Å². The van der Waals surface area contributed by atoms with E-state index in [0.29, 0.717) is 11.3 Å². The number of aromatic nitrogens is 2. The Hall–Kier alpha value is -2.50. The lowest BCUT2D eigenvalue weighted by atomic mass is 10.1. The summed E-state index contributed by atoms with van der Waals surface area (Å²) in [5.41, 5.74) is 1.63. The number of carbonyl (C=O) groups is 1. The SMILES string of the molecule is CCc1nc(C)c2c(C)c(C(=O)N3CCN(S(=O)(=O)c4c(F)cccc4F)CC3)sc2n1. The minimum atomic E-state index is -4.35. The standard InChI is InChI=1S/C21H22F2N4O3S2/c1-4-16-24-13(3)17-12(2)18(31-20(17)25-16)21(28)26-8-10-27(11-9-26)32(29,30)19-14(22)6-5-7-15(19)23/h5-7H,4,8-11H2,1-3H3. The fourth-order valence-electron chi connectivity index (χ4n) is 3.89. The van der Waals surface area contributed by atoms with Crippen LogP contribution in [0.3, 0.4) is 0 Å². The van der Waals surface area contributed by atoms with Crippen LogP contribution in [0, 0.1) is 25.5 Å². The van der Waals surface area contributed by atoms with Crippen LogP contribution >= 0.6 is 11.3 Å². The molecule has 0 spiro atoms. The van der Waals surface area contributed by atoms with Crippen molar-refractivity contribution >= 4 is 37.5 Å². The van der Waals surface area contributed by atoms with E-state index in [-0.39, 0.29) is 32.1 Å². The van der Waals surface area contributed by atoms with Gasteiger partial charge in [-0.1, -0.05) is 13.0 Å². The van der Waals surface area contributed by atoms with Gasteiger partial charge < -0.3 is 4.90 Å². The van der Waals surface area contributed by atoms with E-state index in [1.54, 1.807) is 4.90 Å². The Labute approximate surface area is 188 Å². The largest absolute Gasteiger partial charge is 0.335 e. The summed E-state index contributed by atoms with van der Waals surface area (Å²) in [7, 11) is -4.35. The highest BCUT2D eigenvalue weighted by atomic mass is 32.2. The van der Waals surface area contributed by atoms with E-state index in [1.165, 1.54) is 11.3 Å². The predicted molar refractivity (Wildman–Crippen MR) is 117 cm³/mol. The Kier molecular flexibility index (Phi) is 5.99. The van der Waals surface area contributed by atoms with Gasteiger partial charge in [0.15, 0.2) is 4.90 Å². The van der Waals surface area contributed by atoms with Crippen LogP contribution in [0.1, 0.15) is 33.7 Å². The van der Waals surface area contributed by atoms with Crippen LogP contribution in [-0.4, -0.2) is 59.7 Å². The maximum Gasteiger partial charge on any atom is 0.264 e. The third kappa shape index (κ3) is 3.78. The molecule has 1 amide bonds. The fourth-order valence-corrected chi connectivity index (χ4v) is 6.64. The first-order valence-electron chi connectivity index (χ1n) is 10.1. The number of fused-ring (bicyclic) bond motifs is 1. The van der Waals surface area contributed by atoms with Crippen LogP contribution < -0.4 is 0 Å². The molecule has 0 saturated carbocycles. The van der Waals surface area contributed by atoms with Crippen molar-refractivity contribution in [3.05, 3.63) is 51.8 Å². The number of rotatable bonds is 4. The van der Waals surface area contributed by atoms with Gasteiger partial charge in [0.1, 0.15) is 22.3 Å². The molecule has 32 heavy (non-hydrogen) atoms. The molecule has 1 aliphatic rings. The molecule has 170 valence electrons. The van der Waals surface area contributed by atoms with E-state index in [0.717, 1.165) is 49.8 Å². The first kappa shape index (κ1) is 22.7. The molecule has 1 saturated heterocycles. The van der Waals surface area contributed by atoms with E-state index in [1.807, 2.05) is 20.8 Å². The molecule has 4 rings (SSSR count). The van der Waals surface area contributed by atoms with Crippen LogP contribution in [0.5, 0.6) is 0 Å². The molecule has 3 heterocycles. The average Bonchev–Trinajstić information content (AvgIpc) is 3.09. The summed E-state index contributed by atoms with van der Waals surface area (Å²) in [4.78, 5) is 24.1. The van der Waals surface area contributed by atoms with E-state index in [4.69, 9.17) is 0 Å². The van der Waals surface area contributed by atoms with Gasteiger partial charge in [-0.15, -0.1) is 11.3 Å². The van der Waals surface area contributed by atoms with Gasteiger partial charge >= 0.3 is 0 Å². The first-order valence-corrected chi connectivity index (χ1v) is 12.4. The molecule has 0 N–H and O–H groups in total. The van der Waals surface area contributed by atoms with Gasteiger partial charge in [-0.05, 0) is 31.5 Å². The lowest BCUT2D eigenvalue weighted by molar-refractivity contribution is 0.0702. The number of piperazine rings is 1. The number of carbonyl (C=O) groups excluding carboxylic acids is 1. The molecule has 3 aromatic rings. The lowest BCUT2D eigenvalue weighted by Gasteiger charge is -2.34. The second-order valence-electron chi connectivity index (χ2n) is 7.56. The Morgan fingerprint density at radius 3 is 2.31 bits per heavy atom. The number of hydrogen-bond acceptors (Lipinski definition) is 6. The van der Waals surface area contributed by atoms with Crippen molar-refractivity contribution in [2.45, 2.75) is 32.1 Å². The zero-order valence-electron chi connectivity index (χ0n) is 17.9. The fraction of sp³-hybridized carbons (Fsp3) is 0.381. The van der Waals surface area contributed by atoms with Crippen molar-refractivity contribution in [1.82, 2.24) is 19.2 Å². The second-order valence-corrected chi connectivity index (χ2v) is 10.4. The van der Waals surface area contributed by atoms with E-state index >= 15 is 0 Å². The molecule has 2 aromatic heterocycles. The van der Waals surface area contributed by atoms with Crippen molar-refractivity contribution < 1.29 is 22.0 Å². The van der Waals surface area contributed by atoms with E-state index < -0.39 is 26.6 Å². The van der Waals surface area contributed by atoms with Crippen LogP contribution in [0.15, 0.2) is 23.1 Å². The highest BCUT2D eigenvalue weighted by Crippen LogP contribution is 2.33. The number of hydrogen-bond donors (Lipinski definition) is 0. The quantitative estimate of drug-likeness (QED) is 0.572. The summed E-state index contributed by atoms with van der Waals surface area (Å²) in [6.45, 7) is 5.85. The van der Waals surface area contributed by atoms with Crippen molar-refractivity contribution in [3.63, 3.8) is 0 Å². The van der Waals surface area contributed by atoms with Gasteiger partial charge in [-0.25, -0.2) is 27.2 Å². The second kappa shape index (κ2) is 8.45. The van der Waals surface area contributed by atoms with Crippen LogP contribution in [0.4, 0.5) is 8.78 Å². The molecular weight excluding hydrogens is 458 g/mol. The van der Waals surface area contributed by atoms with Gasteiger partial charge in [0.05, 0.1) is 4.88 Å². The zero-order valence-corrected chi connectivity index (χ0v) is 19.5. The molecule has 0 bridgehead atoms. The summed E-state index contributed by atoms with van der Waals surface area (Å²) in [5.74, 6) is -1.76. The number of sulfonamides is 1. The Morgan fingerprint density at radius 1 is 1.09 bits per heavy atom. The Bertz CT molecular complexity index is 1300. The molecule has 1 aliphatic heterocycles. The van der Waals surface area contributed by atoms with Gasteiger partial charge in [0.25, 0.3) is 5.91 Å². The summed E-state index contributed by atoms with van der Waals surface area (Å²) in [6, 6.07) is 2.94. The summed E-state index contributed by atoms with van der Waals surface area (Å²) in [6.07, 6.45) is 0.691. The van der Waals surface area contributed by atoms with Crippen LogP contribution in [0.25, 0.3) is 10.2 Å². The van der Waals surface area contributed by atoms with Crippen molar-refractivity contribution in [3.8, 4) is 0 Å². The van der Waals surface area contributed by atoms with E-state index in [9.17, 15) is 22.0 Å². The maximum absolute atomic E-state index is 14.0. The third-order valence-electron chi connectivity index (χ3n) is 5.57. The molecule has 1 aromatic carbocycles. The lowest BCUT2D eigenvalue weighted by Crippen LogP contribution is -2.50. The van der Waals surface area contributed by atoms with Crippen LogP contribution in [-0.2, 0) is 16.4 Å². The molecule has 0 atom stereocenters. The van der Waals surface area contributed by atoms with Crippen molar-refractivity contribution in [2.75, 3.05) is 26.2 Å². The van der Waals surface area contributed by atoms with Gasteiger partial charge in [0.2, 0.25) is 10.0 Å². The zero-order chi connectivity index (χ0) is 23.2. The third-order valence-corrected chi connectivity index (χ3v) is 8.70. The molecule has 0 unspecified atom stereocenters. The topological polar surface area (TPSA) is 83.5 Å². The summed E-state index contributed by atoms with van der Waals surface area (Å²) in [5, 5.41) is 0.867.